The van der Waals surface area contributed by atoms with E-state index < -0.39 is 28.4 Å². The Morgan fingerprint density at radius 2 is 1.85 bits per heavy atom. The maximum atomic E-state index is 12.5. The third kappa shape index (κ3) is 2.05. The Hall–Kier alpha value is -2.48. The maximum absolute atomic E-state index is 12.5. The van der Waals surface area contributed by atoms with Gasteiger partial charge < -0.3 is 14.2 Å². The summed E-state index contributed by atoms with van der Waals surface area (Å²) in [6.07, 6.45) is 0.621. The molecule has 2 saturated carbocycles. The van der Waals surface area contributed by atoms with Crippen LogP contribution in [-0.4, -0.2) is 37.2 Å². The predicted molar refractivity (Wildman–Crippen MR) is 86.9 cm³/mol. The highest BCUT2D eigenvalue weighted by Crippen LogP contribution is 2.76. The zero-order valence-electron chi connectivity index (χ0n) is 14.5. The number of esters is 2. The van der Waals surface area contributed by atoms with Crippen LogP contribution in [0.4, 0.5) is 5.69 Å². The second-order valence-corrected chi connectivity index (χ2v) is 7.35. The van der Waals surface area contributed by atoms with Crippen LogP contribution in [0.15, 0.2) is 24.3 Å². The van der Waals surface area contributed by atoms with Crippen molar-refractivity contribution in [2.45, 2.75) is 31.5 Å². The molecule has 1 spiro atoms. The van der Waals surface area contributed by atoms with Gasteiger partial charge in [-0.1, -0.05) is 12.1 Å². The number of nitro groups is 1. The fourth-order valence-electron chi connectivity index (χ4n) is 5.04. The van der Waals surface area contributed by atoms with Gasteiger partial charge in [-0.15, -0.1) is 0 Å². The maximum Gasteiger partial charge on any atom is 0.323 e. The van der Waals surface area contributed by atoms with E-state index in [1.165, 1.54) is 20.3 Å². The monoisotopic (exact) mass is 361 g/mol. The van der Waals surface area contributed by atoms with Gasteiger partial charge in [-0.2, -0.15) is 0 Å². The molecular weight excluding hydrogens is 342 g/mol. The Morgan fingerprint density at radius 3 is 2.46 bits per heavy atom. The minimum Gasteiger partial charge on any atom is -0.468 e. The molecule has 1 aromatic carbocycles. The van der Waals surface area contributed by atoms with E-state index in [1.54, 1.807) is 18.2 Å². The first kappa shape index (κ1) is 17.0. The summed E-state index contributed by atoms with van der Waals surface area (Å²) in [6.45, 7) is 0. The summed E-state index contributed by atoms with van der Waals surface area (Å²) < 4.78 is 15.9. The van der Waals surface area contributed by atoms with Crippen molar-refractivity contribution in [1.29, 1.82) is 0 Å². The standard InChI is InChI=1S/C18H19NO7/c1-24-15(20)18(16(21)25-2)7-11-14(26-13-8-17(11,13)9-18)10-5-3-4-6-12(10)19(22)23/h3-6,11,13-14H,7-9H2,1-2H3/t11-,13+,14-,17-/m0/s1. The number of carbonyl (C=O) groups is 2. The molecule has 1 aromatic rings. The van der Waals surface area contributed by atoms with Crippen LogP contribution in [0.5, 0.6) is 0 Å². The highest BCUT2D eigenvalue weighted by Gasteiger charge is 2.78. The first-order valence-electron chi connectivity index (χ1n) is 8.45. The SMILES string of the molecule is COC(=O)C1(C(=O)OC)C[C@H]2[C@H](c3ccccc3[N+](=O)[O-])O[C@@H]3C[C@@]32C1. The zero-order chi connectivity index (χ0) is 18.7. The van der Waals surface area contributed by atoms with Crippen LogP contribution in [-0.2, 0) is 23.8 Å². The molecule has 4 atom stereocenters. The van der Waals surface area contributed by atoms with Crippen molar-refractivity contribution in [3.8, 4) is 0 Å². The molecule has 26 heavy (non-hydrogen) atoms. The molecular formula is C18H19NO7. The molecule has 8 nitrogen and oxygen atoms in total. The topological polar surface area (TPSA) is 105 Å². The van der Waals surface area contributed by atoms with Gasteiger partial charge in [0.25, 0.3) is 5.69 Å². The molecule has 0 bridgehead atoms. The number of ether oxygens (including phenoxy) is 3. The third-order valence-electron chi connectivity index (χ3n) is 6.25. The van der Waals surface area contributed by atoms with Crippen molar-refractivity contribution in [3.63, 3.8) is 0 Å². The summed E-state index contributed by atoms with van der Waals surface area (Å²) in [5.41, 5.74) is -1.21. The van der Waals surface area contributed by atoms with E-state index in [0.29, 0.717) is 12.0 Å². The molecule has 3 fully saturated rings. The molecule has 0 amide bonds. The Labute approximate surface area is 149 Å². The van der Waals surface area contributed by atoms with Gasteiger partial charge in [0.2, 0.25) is 0 Å². The van der Waals surface area contributed by atoms with Crippen LogP contribution >= 0.6 is 0 Å². The third-order valence-corrected chi connectivity index (χ3v) is 6.25. The van der Waals surface area contributed by atoms with Gasteiger partial charge in [-0.3, -0.25) is 19.7 Å². The quantitative estimate of drug-likeness (QED) is 0.350. The number of hydrogen-bond donors (Lipinski definition) is 0. The molecule has 0 radical (unpaired) electrons. The van der Waals surface area contributed by atoms with Crippen molar-refractivity contribution in [2.75, 3.05) is 14.2 Å². The van der Waals surface area contributed by atoms with Gasteiger partial charge in [0.15, 0.2) is 5.41 Å². The van der Waals surface area contributed by atoms with Gasteiger partial charge in [0.05, 0.1) is 36.9 Å². The van der Waals surface area contributed by atoms with Gasteiger partial charge in [-0.25, -0.2) is 0 Å². The minimum atomic E-state index is -1.37. The first-order chi connectivity index (χ1) is 12.4. The first-order valence-corrected chi connectivity index (χ1v) is 8.45. The van der Waals surface area contributed by atoms with E-state index in [9.17, 15) is 19.7 Å². The molecule has 0 aromatic heterocycles. The number of rotatable bonds is 4. The number of carbonyl (C=O) groups excluding carboxylic acids is 2. The van der Waals surface area contributed by atoms with Gasteiger partial charge >= 0.3 is 11.9 Å². The second-order valence-electron chi connectivity index (χ2n) is 7.35. The second kappa shape index (κ2) is 5.51. The highest BCUT2D eigenvalue weighted by atomic mass is 16.6. The Morgan fingerprint density at radius 1 is 1.19 bits per heavy atom. The van der Waals surface area contributed by atoms with E-state index in [0.717, 1.165) is 6.42 Å². The summed E-state index contributed by atoms with van der Waals surface area (Å²) in [5, 5.41) is 11.4. The number of benzene rings is 1. The van der Waals surface area contributed by atoms with E-state index in [-0.39, 0.29) is 29.5 Å². The van der Waals surface area contributed by atoms with Crippen molar-refractivity contribution in [3.05, 3.63) is 39.9 Å². The summed E-state index contributed by atoms with van der Waals surface area (Å²) >= 11 is 0. The summed E-state index contributed by atoms with van der Waals surface area (Å²) in [4.78, 5) is 35.9. The number of nitro benzene ring substituents is 1. The number of nitrogens with zero attached hydrogens (tertiary/aromatic N) is 1. The lowest BCUT2D eigenvalue weighted by molar-refractivity contribution is -0.386. The van der Waals surface area contributed by atoms with Crippen LogP contribution < -0.4 is 0 Å². The minimum absolute atomic E-state index is 0.0115. The molecule has 138 valence electrons. The van der Waals surface area contributed by atoms with E-state index in [4.69, 9.17) is 14.2 Å². The molecule has 0 unspecified atom stereocenters. The fraction of sp³-hybridized carbons (Fsp3) is 0.556. The van der Waals surface area contributed by atoms with E-state index >= 15 is 0 Å². The Kier molecular flexibility index (Phi) is 3.59. The smallest absolute Gasteiger partial charge is 0.323 e. The van der Waals surface area contributed by atoms with Crippen LogP contribution in [0, 0.1) is 26.9 Å². The average Bonchev–Trinajstić information content (AvgIpc) is 3.07. The fourth-order valence-corrected chi connectivity index (χ4v) is 5.04. The van der Waals surface area contributed by atoms with E-state index in [1.807, 2.05) is 0 Å². The van der Waals surface area contributed by atoms with Crippen LogP contribution in [0.3, 0.4) is 0 Å². The Bertz CT molecular complexity index is 790. The predicted octanol–water partition coefficient (Wildman–Crippen LogP) is 2.17. The highest BCUT2D eigenvalue weighted by molar-refractivity contribution is 6.00. The molecule has 3 aliphatic rings. The largest absolute Gasteiger partial charge is 0.468 e. The van der Waals surface area contributed by atoms with E-state index in [2.05, 4.69) is 0 Å². The molecule has 1 heterocycles. The summed E-state index contributed by atoms with van der Waals surface area (Å²) in [5.74, 6) is -1.40. The normalized spacial score (nSPS) is 33.1. The van der Waals surface area contributed by atoms with Crippen LogP contribution in [0.2, 0.25) is 0 Å². The van der Waals surface area contributed by atoms with Crippen molar-refractivity contribution >= 4 is 17.6 Å². The summed E-state index contributed by atoms with van der Waals surface area (Å²) in [6, 6.07) is 6.45. The molecule has 2 aliphatic carbocycles. The molecule has 0 N–H and O–H groups in total. The van der Waals surface area contributed by atoms with Gasteiger partial charge in [0, 0.05) is 11.5 Å². The number of para-hydroxylation sites is 1. The molecule has 1 aliphatic heterocycles. The lowest BCUT2D eigenvalue weighted by atomic mass is 9.83. The van der Waals surface area contributed by atoms with Crippen LogP contribution in [0.25, 0.3) is 0 Å². The zero-order valence-corrected chi connectivity index (χ0v) is 14.5. The molecule has 4 rings (SSSR count). The molecule has 1 saturated heterocycles. The van der Waals surface area contributed by atoms with Crippen molar-refractivity contribution in [1.82, 2.24) is 0 Å². The number of methoxy groups -OCH3 is 2. The van der Waals surface area contributed by atoms with Gasteiger partial charge in [-0.05, 0) is 31.2 Å². The number of hydrogen-bond acceptors (Lipinski definition) is 7. The van der Waals surface area contributed by atoms with Crippen molar-refractivity contribution < 1.29 is 28.7 Å². The molecule has 8 heteroatoms. The average molecular weight is 361 g/mol. The summed E-state index contributed by atoms with van der Waals surface area (Å²) in [7, 11) is 2.50. The lowest BCUT2D eigenvalue weighted by Gasteiger charge is -2.25. The van der Waals surface area contributed by atoms with Crippen LogP contribution in [0.1, 0.15) is 30.9 Å². The van der Waals surface area contributed by atoms with Gasteiger partial charge in [0.1, 0.15) is 0 Å². The lowest BCUT2D eigenvalue weighted by Crippen LogP contribution is -2.40. The Balaban J connectivity index is 1.74. The van der Waals surface area contributed by atoms with Crippen molar-refractivity contribution in [2.24, 2.45) is 16.7 Å².